The summed E-state index contributed by atoms with van der Waals surface area (Å²) in [4.78, 5) is 30.2. The normalized spacial score (nSPS) is 16.1. The van der Waals surface area contributed by atoms with Crippen LogP contribution >= 0.6 is 11.8 Å². The summed E-state index contributed by atoms with van der Waals surface area (Å²) in [5, 5.41) is 3.97. The van der Waals surface area contributed by atoms with Crippen LogP contribution in [-0.2, 0) is 11.3 Å². The zero-order chi connectivity index (χ0) is 21.8. The molecule has 0 fully saturated rings. The molecule has 1 aliphatic heterocycles. The number of nitrogens with one attached hydrogen (secondary N) is 1. The molecule has 1 aliphatic rings. The van der Waals surface area contributed by atoms with Gasteiger partial charge in [0.2, 0.25) is 5.91 Å². The Bertz CT molecular complexity index is 1150. The lowest BCUT2D eigenvalue weighted by Crippen LogP contribution is -2.38. The molecule has 31 heavy (non-hydrogen) atoms. The van der Waals surface area contributed by atoms with E-state index in [9.17, 15) is 9.59 Å². The van der Waals surface area contributed by atoms with Gasteiger partial charge >= 0.3 is 0 Å². The van der Waals surface area contributed by atoms with E-state index in [1.807, 2.05) is 50.2 Å². The predicted molar refractivity (Wildman–Crippen MR) is 121 cm³/mol. The first kappa shape index (κ1) is 21.2. The molecule has 0 unspecified atom stereocenters. The van der Waals surface area contributed by atoms with Gasteiger partial charge in [0.05, 0.1) is 23.2 Å². The van der Waals surface area contributed by atoms with Crippen molar-refractivity contribution in [3.05, 3.63) is 58.9 Å². The van der Waals surface area contributed by atoms with E-state index in [1.165, 1.54) is 11.8 Å². The number of carbonyl (C=O) groups excluding carboxylic acids is 1. The fourth-order valence-electron chi connectivity index (χ4n) is 3.32. The SMILES string of the molecule is CC[C@H](C)NC(=O)CSc1nc2ccccc2c(=O)n1C[C@H]1COc2ccccc2O1. The number of ether oxygens (including phenoxy) is 2. The Morgan fingerprint density at radius 3 is 2.77 bits per heavy atom. The van der Waals surface area contributed by atoms with Gasteiger partial charge in [-0.25, -0.2) is 4.98 Å². The standard InChI is InChI=1S/C23H25N3O4S/c1-3-15(2)24-21(27)14-31-23-25-18-9-5-4-8-17(18)22(28)26(23)12-16-13-29-19-10-6-7-11-20(19)30-16/h4-11,15-16H,3,12-14H2,1-2H3,(H,24,27)/t15-,16-/m0/s1. The van der Waals surface area contributed by atoms with Crippen LogP contribution in [0.15, 0.2) is 58.5 Å². The maximum atomic E-state index is 13.3. The van der Waals surface area contributed by atoms with Gasteiger partial charge in [-0.1, -0.05) is 43.0 Å². The molecule has 8 heteroatoms. The number of rotatable bonds is 7. The van der Waals surface area contributed by atoms with E-state index in [0.717, 1.165) is 6.42 Å². The number of amides is 1. The zero-order valence-electron chi connectivity index (χ0n) is 17.5. The number of thioether (sulfide) groups is 1. The number of fused-ring (bicyclic) bond motifs is 2. The minimum absolute atomic E-state index is 0.0838. The summed E-state index contributed by atoms with van der Waals surface area (Å²) in [6, 6.07) is 14.8. The van der Waals surface area contributed by atoms with Crippen LogP contribution in [0.1, 0.15) is 20.3 Å². The first-order valence-electron chi connectivity index (χ1n) is 10.4. The minimum Gasteiger partial charge on any atom is -0.486 e. The van der Waals surface area contributed by atoms with Crippen LogP contribution in [0.5, 0.6) is 11.5 Å². The molecule has 0 spiro atoms. The number of carbonyl (C=O) groups is 1. The van der Waals surface area contributed by atoms with Crippen molar-refractivity contribution in [1.29, 1.82) is 0 Å². The molecule has 0 radical (unpaired) electrons. The van der Waals surface area contributed by atoms with E-state index in [-0.39, 0.29) is 35.9 Å². The molecule has 0 saturated heterocycles. The molecule has 1 N–H and O–H groups in total. The van der Waals surface area contributed by atoms with Crippen LogP contribution in [0.2, 0.25) is 0 Å². The Hall–Kier alpha value is -3.00. The monoisotopic (exact) mass is 439 g/mol. The topological polar surface area (TPSA) is 82.5 Å². The smallest absolute Gasteiger partial charge is 0.262 e. The van der Waals surface area contributed by atoms with Gasteiger partial charge in [-0.2, -0.15) is 0 Å². The van der Waals surface area contributed by atoms with Gasteiger partial charge in [0.15, 0.2) is 22.8 Å². The summed E-state index contributed by atoms with van der Waals surface area (Å²) < 4.78 is 13.4. The van der Waals surface area contributed by atoms with Gasteiger partial charge in [0.25, 0.3) is 5.56 Å². The third-order valence-corrected chi connectivity index (χ3v) is 6.11. The maximum absolute atomic E-state index is 13.3. The Morgan fingerprint density at radius 1 is 1.23 bits per heavy atom. The van der Waals surface area contributed by atoms with Crippen molar-refractivity contribution in [2.45, 2.75) is 44.1 Å². The first-order chi connectivity index (χ1) is 15.0. The molecular weight excluding hydrogens is 414 g/mol. The van der Waals surface area contributed by atoms with E-state index in [4.69, 9.17) is 9.47 Å². The number of aromatic nitrogens is 2. The van der Waals surface area contributed by atoms with E-state index in [1.54, 1.807) is 16.7 Å². The van der Waals surface area contributed by atoms with Crippen molar-refractivity contribution in [3.8, 4) is 11.5 Å². The number of para-hydroxylation sites is 3. The molecule has 1 amide bonds. The number of hydrogen-bond acceptors (Lipinski definition) is 6. The molecule has 2 aromatic carbocycles. The van der Waals surface area contributed by atoms with Crippen LogP contribution in [0.3, 0.4) is 0 Å². The second-order valence-electron chi connectivity index (χ2n) is 7.49. The molecule has 1 aromatic heterocycles. The van der Waals surface area contributed by atoms with Crippen molar-refractivity contribution in [1.82, 2.24) is 14.9 Å². The van der Waals surface area contributed by atoms with E-state index < -0.39 is 0 Å². The highest BCUT2D eigenvalue weighted by Crippen LogP contribution is 2.31. The number of nitrogens with zero attached hydrogens (tertiary/aromatic N) is 2. The van der Waals surface area contributed by atoms with Crippen LogP contribution in [0.25, 0.3) is 10.9 Å². The van der Waals surface area contributed by atoms with Crippen LogP contribution in [0.4, 0.5) is 0 Å². The average molecular weight is 440 g/mol. The molecule has 0 saturated carbocycles. The number of hydrogen-bond donors (Lipinski definition) is 1. The van der Waals surface area contributed by atoms with E-state index in [2.05, 4.69) is 10.3 Å². The Morgan fingerprint density at radius 2 is 1.97 bits per heavy atom. The third-order valence-electron chi connectivity index (χ3n) is 5.13. The van der Waals surface area contributed by atoms with E-state index in [0.29, 0.717) is 34.2 Å². The molecule has 162 valence electrons. The Kier molecular flexibility index (Phi) is 6.46. The van der Waals surface area contributed by atoms with Gasteiger partial charge in [-0.3, -0.25) is 14.2 Å². The summed E-state index contributed by atoms with van der Waals surface area (Å²) in [6.45, 7) is 4.59. The maximum Gasteiger partial charge on any atom is 0.262 e. The molecule has 2 heterocycles. The largest absolute Gasteiger partial charge is 0.486 e. The van der Waals surface area contributed by atoms with Crippen LogP contribution in [0, 0.1) is 0 Å². The highest BCUT2D eigenvalue weighted by atomic mass is 32.2. The molecule has 0 bridgehead atoms. The predicted octanol–water partition coefficient (Wildman–Crippen LogP) is 3.24. The second-order valence-corrected chi connectivity index (χ2v) is 8.43. The molecule has 0 aliphatic carbocycles. The fourth-order valence-corrected chi connectivity index (χ4v) is 4.14. The van der Waals surface area contributed by atoms with Gasteiger partial charge in [0.1, 0.15) is 6.61 Å². The van der Waals surface area contributed by atoms with Crippen LogP contribution in [-0.4, -0.2) is 40.0 Å². The van der Waals surface area contributed by atoms with Gasteiger partial charge in [0, 0.05) is 6.04 Å². The lowest BCUT2D eigenvalue weighted by atomic mass is 10.2. The number of benzene rings is 2. The van der Waals surface area contributed by atoms with Gasteiger partial charge in [-0.05, 0) is 37.6 Å². The summed E-state index contributed by atoms with van der Waals surface area (Å²) in [5.74, 6) is 1.45. The molecule has 2 atom stereocenters. The quantitative estimate of drug-likeness (QED) is 0.450. The minimum atomic E-state index is -0.344. The highest BCUT2D eigenvalue weighted by molar-refractivity contribution is 7.99. The van der Waals surface area contributed by atoms with Crippen molar-refractivity contribution in [3.63, 3.8) is 0 Å². The fraction of sp³-hybridized carbons (Fsp3) is 0.348. The second kappa shape index (κ2) is 9.43. The summed E-state index contributed by atoms with van der Waals surface area (Å²) in [6.07, 6.45) is 0.513. The van der Waals surface area contributed by atoms with Gasteiger partial charge in [-0.15, -0.1) is 0 Å². The lowest BCUT2D eigenvalue weighted by molar-refractivity contribution is -0.119. The third kappa shape index (κ3) is 4.85. The van der Waals surface area contributed by atoms with E-state index >= 15 is 0 Å². The van der Waals surface area contributed by atoms with Crippen molar-refractivity contribution >= 4 is 28.6 Å². The van der Waals surface area contributed by atoms with Crippen molar-refractivity contribution in [2.24, 2.45) is 0 Å². The van der Waals surface area contributed by atoms with Crippen molar-refractivity contribution < 1.29 is 14.3 Å². The molecule has 7 nitrogen and oxygen atoms in total. The zero-order valence-corrected chi connectivity index (χ0v) is 18.4. The summed E-state index contributed by atoms with van der Waals surface area (Å²) >= 11 is 1.25. The van der Waals surface area contributed by atoms with Gasteiger partial charge < -0.3 is 14.8 Å². The Labute approximate surface area is 184 Å². The van der Waals surface area contributed by atoms with Crippen LogP contribution < -0.4 is 20.3 Å². The molecular formula is C23H25N3O4S. The highest BCUT2D eigenvalue weighted by Gasteiger charge is 2.24. The Balaban J connectivity index is 1.60. The molecule has 3 aromatic rings. The summed E-state index contributed by atoms with van der Waals surface area (Å²) in [7, 11) is 0. The average Bonchev–Trinajstić information content (AvgIpc) is 2.79. The molecule has 4 rings (SSSR count). The lowest BCUT2D eigenvalue weighted by Gasteiger charge is -2.27. The first-order valence-corrected chi connectivity index (χ1v) is 11.3. The summed E-state index contributed by atoms with van der Waals surface area (Å²) in [5.41, 5.74) is 0.456. The van der Waals surface area contributed by atoms with Crippen molar-refractivity contribution in [2.75, 3.05) is 12.4 Å².